The Hall–Kier alpha value is -2.86. The fourth-order valence-corrected chi connectivity index (χ4v) is 3.67. The number of benzene rings is 2. The Kier molecular flexibility index (Phi) is 7.25. The maximum Gasteiger partial charge on any atom is 0.254 e. The minimum Gasteiger partial charge on any atom is -0.497 e. The molecule has 0 bridgehead atoms. The number of aryl methyl sites for hydroxylation is 1. The van der Waals surface area contributed by atoms with Crippen molar-refractivity contribution in [2.24, 2.45) is 0 Å². The van der Waals surface area contributed by atoms with E-state index >= 15 is 0 Å². The fourth-order valence-electron chi connectivity index (χ4n) is 2.97. The third-order valence-corrected chi connectivity index (χ3v) is 5.29. The molecule has 1 amide bonds. The number of ether oxygens (including phenoxy) is 2. The van der Waals surface area contributed by atoms with Gasteiger partial charge in [-0.25, -0.2) is 4.98 Å². The van der Waals surface area contributed by atoms with Crippen molar-refractivity contribution in [2.75, 3.05) is 13.7 Å². The molecule has 6 heteroatoms. The quantitative estimate of drug-likeness (QED) is 0.493. The molecular formula is C23H26N2O3S. The Bertz CT molecular complexity index is 937. The molecule has 0 aliphatic heterocycles. The lowest BCUT2D eigenvalue weighted by Crippen LogP contribution is -2.31. The Morgan fingerprint density at radius 3 is 2.62 bits per heavy atom. The lowest BCUT2D eigenvalue weighted by atomic mass is 10.2. The van der Waals surface area contributed by atoms with Gasteiger partial charge in [-0.1, -0.05) is 19.1 Å². The van der Waals surface area contributed by atoms with E-state index in [4.69, 9.17) is 9.47 Å². The summed E-state index contributed by atoms with van der Waals surface area (Å²) in [6.45, 7) is 5.69. The summed E-state index contributed by atoms with van der Waals surface area (Å²) < 4.78 is 11.0. The second kappa shape index (κ2) is 10.1. The second-order valence-electron chi connectivity index (χ2n) is 6.79. The van der Waals surface area contributed by atoms with Gasteiger partial charge < -0.3 is 14.4 Å². The summed E-state index contributed by atoms with van der Waals surface area (Å²) in [7, 11) is 1.61. The summed E-state index contributed by atoms with van der Waals surface area (Å²) in [6, 6.07) is 15.2. The van der Waals surface area contributed by atoms with Crippen molar-refractivity contribution < 1.29 is 14.3 Å². The van der Waals surface area contributed by atoms with Gasteiger partial charge in [0.05, 0.1) is 19.3 Å². The lowest BCUT2D eigenvalue weighted by Gasteiger charge is -2.21. The molecule has 1 heterocycles. The van der Waals surface area contributed by atoms with E-state index < -0.39 is 0 Å². The van der Waals surface area contributed by atoms with Crippen LogP contribution in [0.1, 0.15) is 40.0 Å². The highest BCUT2D eigenvalue weighted by Crippen LogP contribution is 2.19. The highest BCUT2D eigenvalue weighted by molar-refractivity contribution is 7.09. The van der Waals surface area contributed by atoms with Crippen LogP contribution in [0, 0.1) is 6.92 Å². The molecular weight excluding hydrogens is 384 g/mol. The summed E-state index contributed by atoms with van der Waals surface area (Å²) in [5.74, 6) is 1.57. The largest absolute Gasteiger partial charge is 0.497 e. The summed E-state index contributed by atoms with van der Waals surface area (Å²) in [6.07, 6.45) is 0.884. The molecule has 0 fully saturated rings. The summed E-state index contributed by atoms with van der Waals surface area (Å²) in [4.78, 5) is 19.4. The molecule has 0 saturated carbocycles. The zero-order valence-corrected chi connectivity index (χ0v) is 17.9. The number of hydrogen-bond donors (Lipinski definition) is 0. The normalized spacial score (nSPS) is 10.6. The van der Waals surface area contributed by atoms with Gasteiger partial charge in [0.25, 0.3) is 5.91 Å². The number of thiazole rings is 1. The maximum absolute atomic E-state index is 12.9. The molecule has 5 nitrogen and oxygen atoms in total. The van der Waals surface area contributed by atoms with Crippen molar-refractivity contribution in [1.82, 2.24) is 9.88 Å². The predicted molar refractivity (Wildman–Crippen MR) is 116 cm³/mol. The van der Waals surface area contributed by atoms with E-state index in [0.29, 0.717) is 25.3 Å². The molecule has 0 spiro atoms. The van der Waals surface area contributed by atoms with Gasteiger partial charge in [0.15, 0.2) is 0 Å². The summed E-state index contributed by atoms with van der Waals surface area (Å²) in [5.41, 5.74) is 2.69. The van der Waals surface area contributed by atoms with Gasteiger partial charge in [-0.05, 0) is 55.3 Å². The molecule has 0 N–H and O–H groups in total. The molecule has 1 aromatic heterocycles. The van der Waals surface area contributed by atoms with Crippen LogP contribution in [0.2, 0.25) is 0 Å². The Morgan fingerprint density at radius 1 is 1.14 bits per heavy atom. The van der Waals surface area contributed by atoms with Crippen molar-refractivity contribution in [3.05, 3.63) is 75.7 Å². The topological polar surface area (TPSA) is 51.7 Å². The first-order valence-corrected chi connectivity index (χ1v) is 10.5. The number of amides is 1. The molecule has 0 saturated heterocycles. The van der Waals surface area contributed by atoms with Gasteiger partial charge in [-0.15, -0.1) is 11.3 Å². The number of hydrogen-bond acceptors (Lipinski definition) is 5. The average molecular weight is 411 g/mol. The number of carbonyl (C=O) groups is 1. The zero-order chi connectivity index (χ0) is 20.6. The smallest absolute Gasteiger partial charge is 0.254 e. The molecule has 3 aromatic rings. The van der Waals surface area contributed by atoms with Gasteiger partial charge in [0.2, 0.25) is 0 Å². The van der Waals surface area contributed by atoms with Crippen molar-refractivity contribution in [1.29, 1.82) is 0 Å². The van der Waals surface area contributed by atoms with Crippen LogP contribution in [0.5, 0.6) is 11.5 Å². The minimum atomic E-state index is 0.0000591. The number of carbonyl (C=O) groups excluding carboxylic acids is 1. The summed E-state index contributed by atoms with van der Waals surface area (Å²) in [5, 5.41) is 2.90. The first-order valence-electron chi connectivity index (χ1n) is 9.65. The minimum absolute atomic E-state index is 0.0000591. The molecule has 152 valence electrons. The van der Waals surface area contributed by atoms with Gasteiger partial charge in [-0.3, -0.25) is 4.79 Å². The van der Waals surface area contributed by atoms with Crippen LogP contribution in [-0.4, -0.2) is 29.4 Å². The van der Waals surface area contributed by atoms with Gasteiger partial charge in [-0.2, -0.15) is 0 Å². The summed E-state index contributed by atoms with van der Waals surface area (Å²) >= 11 is 1.55. The van der Waals surface area contributed by atoms with Crippen LogP contribution in [0.4, 0.5) is 0 Å². The lowest BCUT2D eigenvalue weighted by molar-refractivity contribution is 0.0741. The molecule has 0 unspecified atom stereocenters. The van der Waals surface area contributed by atoms with E-state index in [2.05, 4.69) is 11.9 Å². The van der Waals surface area contributed by atoms with Crippen LogP contribution in [-0.2, 0) is 13.2 Å². The Labute approximate surface area is 175 Å². The molecule has 2 aromatic carbocycles. The SMILES string of the molecule is CCCN(Cc1csc(COc2cccc(C)c2)n1)C(=O)c1ccc(OC)cc1. The highest BCUT2D eigenvalue weighted by atomic mass is 32.1. The Balaban J connectivity index is 1.63. The van der Waals surface area contributed by atoms with Gasteiger partial charge in [0.1, 0.15) is 23.1 Å². The molecule has 3 rings (SSSR count). The first-order chi connectivity index (χ1) is 14.1. The van der Waals surface area contributed by atoms with Crippen LogP contribution < -0.4 is 9.47 Å². The van der Waals surface area contributed by atoms with Gasteiger partial charge in [0, 0.05) is 17.5 Å². The first kappa shape index (κ1) is 20.9. The number of nitrogens with zero attached hydrogens (tertiary/aromatic N) is 2. The van der Waals surface area contributed by atoms with Crippen LogP contribution in [0.15, 0.2) is 53.9 Å². The van der Waals surface area contributed by atoms with Gasteiger partial charge >= 0.3 is 0 Å². The number of rotatable bonds is 9. The van der Waals surface area contributed by atoms with E-state index in [1.165, 1.54) is 0 Å². The predicted octanol–water partition coefficient (Wildman–Crippen LogP) is 5.09. The van der Waals surface area contributed by atoms with Crippen molar-refractivity contribution in [2.45, 2.75) is 33.4 Å². The second-order valence-corrected chi connectivity index (χ2v) is 7.74. The fraction of sp³-hybridized carbons (Fsp3) is 0.304. The van der Waals surface area contributed by atoms with E-state index in [-0.39, 0.29) is 5.91 Å². The van der Waals surface area contributed by atoms with Crippen LogP contribution in [0.25, 0.3) is 0 Å². The number of methoxy groups -OCH3 is 1. The monoisotopic (exact) mass is 410 g/mol. The van der Waals surface area contributed by atoms with Crippen LogP contribution in [0.3, 0.4) is 0 Å². The zero-order valence-electron chi connectivity index (χ0n) is 17.1. The third-order valence-electron chi connectivity index (χ3n) is 4.42. The maximum atomic E-state index is 12.9. The Morgan fingerprint density at radius 2 is 1.93 bits per heavy atom. The van der Waals surface area contributed by atoms with Crippen LogP contribution >= 0.6 is 11.3 Å². The van der Waals surface area contributed by atoms with Crippen molar-refractivity contribution in [3.8, 4) is 11.5 Å². The third kappa shape index (κ3) is 5.81. The highest BCUT2D eigenvalue weighted by Gasteiger charge is 2.17. The molecule has 0 aliphatic carbocycles. The average Bonchev–Trinajstić information content (AvgIpc) is 3.19. The molecule has 0 radical (unpaired) electrons. The molecule has 0 atom stereocenters. The standard InChI is InChI=1S/C23H26N2O3S/c1-4-12-25(23(26)18-8-10-20(27-3)11-9-18)14-19-16-29-22(24-19)15-28-21-7-5-6-17(2)13-21/h5-11,13,16H,4,12,14-15H2,1-3H3. The van der Waals surface area contributed by atoms with E-state index in [9.17, 15) is 4.79 Å². The molecule has 29 heavy (non-hydrogen) atoms. The number of aromatic nitrogens is 1. The van der Waals surface area contributed by atoms with E-state index in [1.807, 2.05) is 41.5 Å². The van der Waals surface area contributed by atoms with E-state index in [0.717, 1.165) is 34.2 Å². The van der Waals surface area contributed by atoms with Crippen molar-refractivity contribution in [3.63, 3.8) is 0 Å². The molecule has 0 aliphatic rings. The van der Waals surface area contributed by atoms with E-state index in [1.54, 1.807) is 42.7 Å². The van der Waals surface area contributed by atoms with Crippen molar-refractivity contribution >= 4 is 17.2 Å².